The molecule has 78 valence electrons. The number of rotatable bonds is 2. The van der Waals surface area contributed by atoms with Crippen LogP contribution in [0.3, 0.4) is 0 Å². The van der Waals surface area contributed by atoms with Crippen LogP contribution >= 0.6 is 22.9 Å². The zero-order valence-corrected chi connectivity index (χ0v) is 10.3. The number of benzene rings is 1. The van der Waals surface area contributed by atoms with E-state index in [2.05, 4.69) is 43.1 Å². The molecule has 3 heteroatoms. The Bertz CT molecular complexity index is 445. The molecule has 0 spiro atoms. The lowest BCUT2D eigenvalue weighted by molar-refractivity contribution is 0.867. The minimum atomic E-state index is 0.568. The van der Waals surface area contributed by atoms with Gasteiger partial charge < -0.3 is 0 Å². The van der Waals surface area contributed by atoms with Crippen LogP contribution in [0.5, 0.6) is 0 Å². The van der Waals surface area contributed by atoms with Crippen LogP contribution in [-0.4, -0.2) is 4.98 Å². The van der Waals surface area contributed by atoms with Crippen LogP contribution in [0.25, 0.3) is 10.6 Å². The summed E-state index contributed by atoms with van der Waals surface area (Å²) in [6.45, 7) is 4.38. The average Bonchev–Trinajstić information content (AvgIpc) is 2.65. The summed E-state index contributed by atoms with van der Waals surface area (Å²) < 4.78 is 0. The Kier molecular flexibility index (Phi) is 3.08. The first-order valence-corrected chi connectivity index (χ1v) is 6.14. The number of hydrogen-bond donors (Lipinski definition) is 0. The molecule has 15 heavy (non-hydrogen) atoms. The van der Waals surface area contributed by atoms with Crippen LogP contribution in [-0.2, 0) is 0 Å². The molecule has 0 radical (unpaired) electrons. The predicted octanol–water partition coefficient (Wildman–Crippen LogP) is 4.59. The second-order valence-electron chi connectivity index (χ2n) is 3.75. The van der Waals surface area contributed by atoms with E-state index in [9.17, 15) is 0 Å². The quantitative estimate of drug-likeness (QED) is 0.745. The van der Waals surface area contributed by atoms with Crippen molar-refractivity contribution in [2.75, 3.05) is 0 Å². The van der Waals surface area contributed by atoms with Crippen molar-refractivity contribution in [2.24, 2.45) is 0 Å². The average molecular weight is 238 g/mol. The van der Waals surface area contributed by atoms with E-state index >= 15 is 0 Å². The molecule has 1 aromatic heterocycles. The highest BCUT2D eigenvalue weighted by Crippen LogP contribution is 2.27. The van der Waals surface area contributed by atoms with Gasteiger partial charge in [0.25, 0.3) is 0 Å². The van der Waals surface area contributed by atoms with Gasteiger partial charge in [-0.25, -0.2) is 4.98 Å². The van der Waals surface area contributed by atoms with Crippen molar-refractivity contribution in [3.63, 3.8) is 0 Å². The summed E-state index contributed by atoms with van der Waals surface area (Å²) in [5.41, 5.74) is 2.48. The third kappa shape index (κ3) is 2.39. The number of thiazole rings is 1. The summed E-state index contributed by atoms with van der Waals surface area (Å²) in [7, 11) is 0. The van der Waals surface area contributed by atoms with Crippen molar-refractivity contribution in [3.05, 3.63) is 40.4 Å². The maximum absolute atomic E-state index is 5.79. The van der Waals surface area contributed by atoms with Crippen molar-refractivity contribution in [2.45, 2.75) is 19.8 Å². The normalized spacial score (nSPS) is 10.9. The molecule has 0 unspecified atom stereocenters. The van der Waals surface area contributed by atoms with E-state index in [0.717, 1.165) is 10.6 Å². The summed E-state index contributed by atoms with van der Waals surface area (Å²) in [5, 5.41) is 3.41. The second kappa shape index (κ2) is 4.33. The minimum absolute atomic E-state index is 0.568. The molecule has 0 atom stereocenters. The molecule has 0 N–H and O–H groups in total. The number of hydrogen-bond acceptors (Lipinski definition) is 2. The Morgan fingerprint density at radius 2 is 1.87 bits per heavy atom. The molecule has 0 amide bonds. The Balaban J connectivity index is 2.31. The number of aromatic nitrogens is 1. The molecule has 0 aliphatic carbocycles. The van der Waals surface area contributed by atoms with E-state index in [1.54, 1.807) is 11.3 Å². The largest absolute Gasteiger partial charge is 0.224 e. The molecule has 0 saturated heterocycles. The van der Waals surface area contributed by atoms with Gasteiger partial charge in [0.1, 0.15) is 10.2 Å². The molecule has 1 heterocycles. The van der Waals surface area contributed by atoms with E-state index in [1.807, 2.05) is 5.38 Å². The zero-order chi connectivity index (χ0) is 10.8. The van der Waals surface area contributed by atoms with Gasteiger partial charge in [-0.15, -0.1) is 11.3 Å². The first-order valence-electron chi connectivity index (χ1n) is 4.88. The zero-order valence-electron chi connectivity index (χ0n) is 8.70. The summed E-state index contributed by atoms with van der Waals surface area (Å²) in [6, 6.07) is 8.50. The third-order valence-corrected chi connectivity index (χ3v) is 3.51. The molecule has 0 saturated carbocycles. The van der Waals surface area contributed by atoms with Gasteiger partial charge in [0.05, 0.1) is 0 Å². The van der Waals surface area contributed by atoms with Crippen molar-refractivity contribution in [1.82, 2.24) is 4.98 Å². The van der Waals surface area contributed by atoms with Crippen molar-refractivity contribution < 1.29 is 0 Å². The molecule has 0 aliphatic heterocycles. The molecular weight excluding hydrogens is 226 g/mol. The Labute approximate surface area is 98.7 Å². The molecule has 2 rings (SSSR count). The Morgan fingerprint density at radius 3 is 2.33 bits per heavy atom. The molecule has 1 aromatic carbocycles. The third-order valence-electron chi connectivity index (χ3n) is 2.30. The van der Waals surface area contributed by atoms with Gasteiger partial charge in [-0.05, 0) is 11.5 Å². The molecule has 0 fully saturated rings. The maximum Gasteiger partial charge on any atom is 0.140 e. The minimum Gasteiger partial charge on any atom is -0.224 e. The van der Waals surface area contributed by atoms with E-state index < -0.39 is 0 Å². The molecular formula is C12H12ClNS. The highest BCUT2D eigenvalue weighted by molar-refractivity contribution is 7.13. The van der Waals surface area contributed by atoms with Crippen LogP contribution in [0.1, 0.15) is 25.3 Å². The van der Waals surface area contributed by atoms with Gasteiger partial charge in [0, 0.05) is 10.9 Å². The van der Waals surface area contributed by atoms with Gasteiger partial charge in [0.15, 0.2) is 0 Å². The summed E-state index contributed by atoms with van der Waals surface area (Å²) in [5.74, 6) is 0.568. The van der Waals surface area contributed by atoms with Crippen molar-refractivity contribution in [1.29, 1.82) is 0 Å². The van der Waals surface area contributed by atoms with Gasteiger partial charge in [-0.1, -0.05) is 49.7 Å². The Hall–Kier alpha value is -0.860. The fourth-order valence-corrected chi connectivity index (χ4v) is 2.35. The van der Waals surface area contributed by atoms with Crippen molar-refractivity contribution >= 4 is 22.9 Å². The summed E-state index contributed by atoms with van der Waals surface area (Å²) in [6.07, 6.45) is 0. The van der Waals surface area contributed by atoms with Crippen LogP contribution in [0.2, 0.25) is 5.15 Å². The lowest BCUT2D eigenvalue weighted by atomic mass is 10.0. The van der Waals surface area contributed by atoms with Crippen LogP contribution in [0.15, 0.2) is 29.6 Å². The van der Waals surface area contributed by atoms with E-state index in [-0.39, 0.29) is 0 Å². The molecule has 0 aliphatic rings. The first-order chi connectivity index (χ1) is 7.16. The van der Waals surface area contributed by atoms with Crippen LogP contribution in [0, 0.1) is 0 Å². The fourth-order valence-electron chi connectivity index (χ4n) is 1.40. The monoisotopic (exact) mass is 237 g/mol. The topological polar surface area (TPSA) is 12.9 Å². The van der Waals surface area contributed by atoms with E-state index in [0.29, 0.717) is 11.1 Å². The predicted molar refractivity (Wildman–Crippen MR) is 66.6 cm³/mol. The molecule has 2 aromatic rings. The van der Waals surface area contributed by atoms with Gasteiger partial charge in [-0.2, -0.15) is 0 Å². The van der Waals surface area contributed by atoms with Gasteiger partial charge in [-0.3, -0.25) is 0 Å². The van der Waals surface area contributed by atoms with Gasteiger partial charge in [0.2, 0.25) is 0 Å². The first kappa shape index (κ1) is 10.7. The number of nitrogens with zero attached hydrogens (tertiary/aromatic N) is 1. The van der Waals surface area contributed by atoms with Crippen molar-refractivity contribution in [3.8, 4) is 10.6 Å². The standard InChI is InChI=1S/C12H12ClNS/c1-8(2)9-3-5-10(6-4-9)12-14-11(13)7-15-12/h3-8H,1-2H3. The highest BCUT2D eigenvalue weighted by Gasteiger charge is 2.04. The SMILES string of the molecule is CC(C)c1ccc(-c2nc(Cl)cs2)cc1. The lowest BCUT2D eigenvalue weighted by Gasteiger charge is -2.05. The lowest BCUT2D eigenvalue weighted by Crippen LogP contribution is -1.86. The van der Waals surface area contributed by atoms with Gasteiger partial charge >= 0.3 is 0 Å². The summed E-state index contributed by atoms with van der Waals surface area (Å²) >= 11 is 7.37. The number of halogens is 1. The summed E-state index contributed by atoms with van der Waals surface area (Å²) in [4.78, 5) is 4.24. The molecule has 1 nitrogen and oxygen atoms in total. The second-order valence-corrected chi connectivity index (χ2v) is 5.00. The van der Waals surface area contributed by atoms with E-state index in [4.69, 9.17) is 11.6 Å². The van der Waals surface area contributed by atoms with E-state index in [1.165, 1.54) is 5.56 Å². The smallest absolute Gasteiger partial charge is 0.140 e. The Morgan fingerprint density at radius 1 is 1.20 bits per heavy atom. The maximum atomic E-state index is 5.79. The highest BCUT2D eigenvalue weighted by atomic mass is 35.5. The van der Waals surface area contributed by atoms with Crippen LogP contribution < -0.4 is 0 Å². The van der Waals surface area contributed by atoms with Crippen LogP contribution in [0.4, 0.5) is 0 Å². The molecule has 0 bridgehead atoms. The fraction of sp³-hybridized carbons (Fsp3) is 0.250.